The van der Waals surface area contributed by atoms with E-state index in [1.807, 2.05) is 0 Å². The van der Waals surface area contributed by atoms with E-state index < -0.39 is 22.5 Å². The van der Waals surface area contributed by atoms with Crippen LogP contribution in [-0.2, 0) is 19.6 Å². The van der Waals surface area contributed by atoms with Crippen molar-refractivity contribution in [3.63, 3.8) is 0 Å². The first-order valence-electron chi connectivity index (χ1n) is 8.20. The Bertz CT molecular complexity index is 953. The number of carbonyl (C=O) groups excluding carboxylic acids is 1. The molecule has 2 aromatic rings. The van der Waals surface area contributed by atoms with Gasteiger partial charge in [-0.15, -0.1) is 0 Å². The number of hydrogen-bond donors (Lipinski definition) is 2. The van der Waals surface area contributed by atoms with E-state index in [1.165, 1.54) is 43.3 Å². The molecule has 8 nitrogen and oxygen atoms in total. The van der Waals surface area contributed by atoms with Gasteiger partial charge in [0.15, 0.2) is 0 Å². The van der Waals surface area contributed by atoms with Crippen LogP contribution in [0.1, 0.15) is 6.92 Å². The number of rotatable bonds is 9. The van der Waals surface area contributed by atoms with E-state index in [-0.39, 0.29) is 23.1 Å². The molecule has 0 radical (unpaired) electrons. The number of aliphatic carboxylic acids is 1. The molecule has 28 heavy (non-hydrogen) atoms. The van der Waals surface area contributed by atoms with Crippen LogP contribution in [0, 0.1) is 0 Å². The zero-order valence-corrected chi connectivity index (χ0v) is 16.0. The first-order valence-corrected chi connectivity index (χ1v) is 9.64. The van der Waals surface area contributed by atoms with Gasteiger partial charge in [-0.05, 0) is 48.5 Å². The fourth-order valence-electron chi connectivity index (χ4n) is 2.34. The van der Waals surface area contributed by atoms with Gasteiger partial charge < -0.3 is 15.2 Å². The molecule has 0 aliphatic rings. The van der Waals surface area contributed by atoms with Crippen molar-refractivity contribution >= 4 is 33.3 Å². The molecule has 0 spiro atoms. The minimum atomic E-state index is -4.14. The number of hydrogen-bond acceptors (Lipinski definition) is 5. The van der Waals surface area contributed by atoms with E-state index in [2.05, 4.69) is 11.9 Å². The van der Waals surface area contributed by atoms with Gasteiger partial charge in [0.25, 0.3) is 10.0 Å². The average molecular weight is 404 g/mol. The molecule has 0 heterocycles. The number of nitrogens with zero attached hydrogens (tertiary/aromatic N) is 1. The lowest BCUT2D eigenvalue weighted by molar-refractivity contribution is -0.135. The molecule has 0 bridgehead atoms. The molecule has 0 aliphatic carbocycles. The monoisotopic (exact) mass is 404 g/mol. The van der Waals surface area contributed by atoms with Crippen molar-refractivity contribution in [2.75, 3.05) is 22.8 Å². The van der Waals surface area contributed by atoms with Gasteiger partial charge in [-0.25, -0.2) is 8.42 Å². The molecule has 148 valence electrons. The van der Waals surface area contributed by atoms with Crippen molar-refractivity contribution in [1.29, 1.82) is 0 Å². The summed E-state index contributed by atoms with van der Waals surface area (Å²) in [6.07, 6.45) is 1.57. The van der Waals surface area contributed by atoms with Crippen molar-refractivity contribution < 1.29 is 27.9 Å². The number of nitrogens with one attached hydrogen (secondary N) is 1. The van der Waals surface area contributed by atoms with E-state index in [1.54, 1.807) is 18.2 Å². The number of carboxylic acids is 1. The van der Waals surface area contributed by atoms with Crippen LogP contribution >= 0.6 is 0 Å². The van der Waals surface area contributed by atoms with E-state index >= 15 is 0 Å². The summed E-state index contributed by atoms with van der Waals surface area (Å²) in [5.41, 5.74) is 0.610. The summed E-state index contributed by atoms with van der Waals surface area (Å²) in [7, 11) is -4.14. The number of carboxylic acid groups (broad SMARTS) is 1. The zero-order valence-electron chi connectivity index (χ0n) is 15.2. The molecule has 0 fully saturated rings. The summed E-state index contributed by atoms with van der Waals surface area (Å²) in [6, 6.07) is 11.5. The van der Waals surface area contributed by atoms with E-state index in [0.717, 1.165) is 4.31 Å². The van der Waals surface area contributed by atoms with E-state index in [4.69, 9.17) is 4.74 Å². The fraction of sp³-hybridized carbons (Fsp3) is 0.158. The maximum Gasteiger partial charge on any atom is 0.324 e. The third kappa shape index (κ3) is 5.34. The van der Waals surface area contributed by atoms with Crippen LogP contribution in [0.4, 0.5) is 11.4 Å². The van der Waals surface area contributed by atoms with Gasteiger partial charge in [-0.2, -0.15) is 0 Å². The summed E-state index contributed by atoms with van der Waals surface area (Å²) >= 11 is 0. The number of anilines is 2. The summed E-state index contributed by atoms with van der Waals surface area (Å²) in [5.74, 6) is -1.09. The molecule has 0 saturated heterocycles. The van der Waals surface area contributed by atoms with E-state index in [9.17, 15) is 23.1 Å². The number of amides is 1. The minimum absolute atomic E-state index is 0.102. The Labute approximate surface area is 163 Å². The Balaban J connectivity index is 2.36. The molecule has 2 rings (SSSR count). The molecular formula is C19H20N2O6S. The first kappa shape index (κ1) is 21.0. The SMILES string of the molecule is C=CCOc1ccc(N(CC(=O)O)S(=O)(=O)c2ccc(NC(C)=O)cc2)cc1. The topological polar surface area (TPSA) is 113 Å². The Hall–Kier alpha value is -3.33. The van der Waals surface area contributed by atoms with Gasteiger partial charge in [0.2, 0.25) is 5.91 Å². The van der Waals surface area contributed by atoms with Crippen LogP contribution < -0.4 is 14.4 Å². The molecule has 0 aliphatic heterocycles. The van der Waals surface area contributed by atoms with Crippen molar-refractivity contribution in [3.05, 3.63) is 61.2 Å². The third-order valence-electron chi connectivity index (χ3n) is 3.53. The fourth-order valence-corrected chi connectivity index (χ4v) is 3.76. The van der Waals surface area contributed by atoms with Gasteiger partial charge in [-0.3, -0.25) is 13.9 Å². The molecule has 1 amide bonds. The lowest BCUT2D eigenvalue weighted by atomic mass is 10.3. The van der Waals surface area contributed by atoms with Gasteiger partial charge in [-0.1, -0.05) is 12.7 Å². The van der Waals surface area contributed by atoms with E-state index in [0.29, 0.717) is 11.4 Å². The van der Waals surface area contributed by atoms with Crippen molar-refractivity contribution in [2.45, 2.75) is 11.8 Å². The molecule has 0 atom stereocenters. The molecule has 0 aromatic heterocycles. The maximum atomic E-state index is 13.0. The van der Waals surface area contributed by atoms with Crippen molar-refractivity contribution in [3.8, 4) is 5.75 Å². The van der Waals surface area contributed by atoms with Gasteiger partial charge >= 0.3 is 5.97 Å². The molecule has 9 heteroatoms. The maximum absolute atomic E-state index is 13.0. The second-order valence-corrected chi connectivity index (χ2v) is 7.57. The summed E-state index contributed by atoms with van der Waals surface area (Å²) in [5, 5.41) is 11.7. The molecule has 2 N–H and O–H groups in total. The smallest absolute Gasteiger partial charge is 0.324 e. The highest BCUT2D eigenvalue weighted by Crippen LogP contribution is 2.26. The summed E-state index contributed by atoms with van der Waals surface area (Å²) in [4.78, 5) is 22.2. The first-order chi connectivity index (χ1) is 13.2. The van der Waals surface area contributed by atoms with Crippen LogP contribution in [0.5, 0.6) is 5.75 Å². The van der Waals surface area contributed by atoms with Gasteiger partial charge in [0.1, 0.15) is 18.9 Å². The molecular weight excluding hydrogens is 384 g/mol. The number of sulfonamides is 1. The Kier molecular flexibility index (Phi) is 6.78. The normalized spacial score (nSPS) is 10.8. The molecule has 2 aromatic carbocycles. The largest absolute Gasteiger partial charge is 0.490 e. The van der Waals surface area contributed by atoms with Gasteiger partial charge in [0.05, 0.1) is 10.6 Å². The van der Waals surface area contributed by atoms with Crippen molar-refractivity contribution in [2.24, 2.45) is 0 Å². The van der Waals surface area contributed by atoms with Crippen molar-refractivity contribution in [1.82, 2.24) is 0 Å². The predicted octanol–water partition coefficient (Wildman–Crippen LogP) is 2.49. The lowest BCUT2D eigenvalue weighted by Gasteiger charge is -2.23. The third-order valence-corrected chi connectivity index (χ3v) is 5.32. The Morgan fingerprint density at radius 2 is 1.75 bits per heavy atom. The van der Waals surface area contributed by atoms with Crippen LogP contribution in [-0.4, -0.2) is 38.6 Å². The Morgan fingerprint density at radius 1 is 1.14 bits per heavy atom. The Morgan fingerprint density at radius 3 is 2.25 bits per heavy atom. The zero-order chi connectivity index (χ0) is 20.7. The highest BCUT2D eigenvalue weighted by molar-refractivity contribution is 7.92. The number of benzene rings is 2. The average Bonchev–Trinajstić information content (AvgIpc) is 2.64. The number of ether oxygens (including phenoxy) is 1. The highest BCUT2D eigenvalue weighted by Gasteiger charge is 2.27. The standard InChI is InChI=1S/C19H20N2O6S/c1-3-12-27-17-8-6-16(7-9-17)21(13-19(23)24)28(25,26)18-10-4-15(5-11-18)20-14(2)22/h3-11H,1,12-13H2,2H3,(H,20,22)(H,23,24). The van der Waals surface area contributed by atoms with Gasteiger partial charge in [0, 0.05) is 12.6 Å². The highest BCUT2D eigenvalue weighted by atomic mass is 32.2. The van der Waals surface area contributed by atoms with Crippen LogP contribution in [0.15, 0.2) is 66.1 Å². The minimum Gasteiger partial charge on any atom is -0.490 e. The van der Waals surface area contributed by atoms with Crippen LogP contribution in [0.2, 0.25) is 0 Å². The van der Waals surface area contributed by atoms with Crippen LogP contribution in [0.25, 0.3) is 0 Å². The summed E-state index contributed by atoms with van der Waals surface area (Å²) < 4.78 is 32.1. The second kappa shape index (κ2) is 9.05. The lowest BCUT2D eigenvalue weighted by Crippen LogP contribution is -2.35. The molecule has 0 unspecified atom stereocenters. The predicted molar refractivity (Wildman–Crippen MR) is 105 cm³/mol. The second-order valence-electron chi connectivity index (χ2n) is 5.70. The van der Waals surface area contributed by atoms with Crippen LogP contribution in [0.3, 0.4) is 0 Å². The molecule has 0 saturated carbocycles. The number of carbonyl (C=O) groups is 2. The summed E-state index contributed by atoms with van der Waals surface area (Å²) in [6.45, 7) is 4.42. The quantitative estimate of drug-likeness (QED) is 0.621.